The monoisotopic (exact) mass is 654 g/mol. The topological polar surface area (TPSA) is 146 Å². The van der Waals surface area contributed by atoms with E-state index in [1.165, 1.54) is 12.1 Å². The van der Waals surface area contributed by atoms with Crippen LogP contribution in [0.3, 0.4) is 0 Å². The molecule has 12 heteroatoms. The fourth-order valence-electron chi connectivity index (χ4n) is 6.54. The molecule has 1 aliphatic carbocycles. The maximum atomic E-state index is 15.7. The zero-order chi connectivity index (χ0) is 34.5. The smallest absolute Gasteiger partial charge is 0.270 e. The van der Waals surface area contributed by atoms with E-state index in [0.717, 1.165) is 25.7 Å². The van der Waals surface area contributed by atoms with Crippen LogP contribution in [0.25, 0.3) is 0 Å². The van der Waals surface area contributed by atoms with E-state index in [0.29, 0.717) is 43.1 Å². The van der Waals surface area contributed by atoms with E-state index in [-0.39, 0.29) is 35.9 Å². The lowest BCUT2D eigenvalue weighted by atomic mass is 9.79. The van der Waals surface area contributed by atoms with Gasteiger partial charge in [0.05, 0.1) is 11.3 Å². The molecule has 11 nitrogen and oxygen atoms in total. The number of likely N-dealkylation sites (tertiary alicyclic amines) is 1. The van der Waals surface area contributed by atoms with Gasteiger partial charge in [-0.2, -0.15) is 5.10 Å². The van der Waals surface area contributed by atoms with Crippen molar-refractivity contribution in [2.24, 2.45) is 11.8 Å². The van der Waals surface area contributed by atoms with E-state index in [1.54, 1.807) is 48.7 Å². The van der Waals surface area contributed by atoms with Crippen molar-refractivity contribution in [1.29, 1.82) is 0 Å². The molecule has 0 radical (unpaired) electrons. The summed E-state index contributed by atoms with van der Waals surface area (Å²) in [7, 11) is 0. The Morgan fingerprint density at radius 3 is 2.30 bits per heavy atom. The minimum Gasteiger partial charge on any atom is -0.390 e. The van der Waals surface area contributed by atoms with Crippen LogP contribution in [-0.2, 0) is 14.4 Å². The largest absolute Gasteiger partial charge is 0.390 e. The van der Waals surface area contributed by atoms with E-state index in [9.17, 15) is 24.3 Å². The second-order valence-corrected chi connectivity index (χ2v) is 14.0. The average Bonchev–Trinajstić information content (AvgIpc) is 3.54. The van der Waals surface area contributed by atoms with Crippen molar-refractivity contribution in [3.63, 3.8) is 0 Å². The maximum Gasteiger partial charge on any atom is 0.270 e. The van der Waals surface area contributed by atoms with Crippen LogP contribution in [0.4, 0.5) is 10.1 Å². The molecule has 1 aromatic carbocycles. The van der Waals surface area contributed by atoms with Crippen molar-refractivity contribution >= 4 is 29.3 Å². The third kappa shape index (κ3) is 8.97. The first-order valence-electron chi connectivity index (χ1n) is 17.0. The number of carbonyl (C=O) groups is 4. The van der Waals surface area contributed by atoms with Crippen molar-refractivity contribution in [2.45, 2.75) is 116 Å². The molecule has 0 bridgehead atoms. The van der Waals surface area contributed by atoms with Crippen molar-refractivity contribution in [1.82, 2.24) is 25.3 Å². The number of piperidine rings is 1. The van der Waals surface area contributed by atoms with E-state index in [2.05, 4.69) is 28.0 Å². The van der Waals surface area contributed by atoms with Gasteiger partial charge in [0.15, 0.2) is 0 Å². The molecule has 1 aliphatic heterocycles. The van der Waals surface area contributed by atoms with Gasteiger partial charge in [0.2, 0.25) is 17.7 Å². The van der Waals surface area contributed by atoms with Crippen LogP contribution in [0, 0.1) is 17.7 Å². The molecule has 2 aliphatic rings. The summed E-state index contributed by atoms with van der Waals surface area (Å²) in [5.74, 6) is -2.36. The van der Waals surface area contributed by atoms with E-state index in [4.69, 9.17) is 0 Å². The Kier molecular flexibility index (Phi) is 11.8. The zero-order valence-electron chi connectivity index (χ0n) is 28.5. The van der Waals surface area contributed by atoms with Crippen LogP contribution in [0.15, 0.2) is 30.5 Å². The summed E-state index contributed by atoms with van der Waals surface area (Å²) < 4.78 is 17.3. The summed E-state index contributed by atoms with van der Waals surface area (Å²) >= 11 is 0. The lowest BCUT2D eigenvalue weighted by Crippen LogP contribution is -2.54. The second kappa shape index (κ2) is 15.4. The van der Waals surface area contributed by atoms with Gasteiger partial charge in [0.25, 0.3) is 5.91 Å². The zero-order valence-corrected chi connectivity index (χ0v) is 28.5. The highest BCUT2D eigenvalue weighted by Crippen LogP contribution is 2.32. The third-order valence-electron chi connectivity index (χ3n) is 9.83. The summed E-state index contributed by atoms with van der Waals surface area (Å²) in [4.78, 5) is 54.7. The number of nitrogens with zero attached hydrogens (tertiary/aromatic N) is 3. The molecular formula is C35H51FN6O5. The average molecular weight is 655 g/mol. The van der Waals surface area contributed by atoms with Gasteiger partial charge in [-0.15, -0.1) is 0 Å². The number of nitrogens with one attached hydrogen (secondary N) is 3. The first-order valence-corrected chi connectivity index (χ1v) is 17.0. The number of benzene rings is 1. The summed E-state index contributed by atoms with van der Waals surface area (Å²) in [6, 6.07) is 4.12. The second-order valence-electron chi connectivity index (χ2n) is 14.0. The Balaban J connectivity index is 1.52. The summed E-state index contributed by atoms with van der Waals surface area (Å²) in [5.41, 5.74) is -0.0599. The molecule has 1 aromatic heterocycles. The fourth-order valence-corrected chi connectivity index (χ4v) is 6.54. The van der Waals surface area contributed by atoms with Crippen molar-refractivity contribution in [3.05, 3.63) is 47.5 Å². The molecule has 4 rings (SSSR count). The molecule has 4 amide bonds. The fraction of sp³-hybridized carbons (Fsp3) is 0.629. The minimum atomic E-state index is -0.932. The van der Waals surface area contributed by atoms with Crippen LogP contribution in [0.2, 0.25) is 0 Å². The Bertz CT molecular complexity index is 1420. The number of anilines is 1. The normalized spacial score (nSPS) is 21.4. The van der Waals surface area contributed by atoms with E-state index in [1.807, 2.05) is 13.8 Å². The van der Waals surface area contributed by atoms with Crippen LogP contribution >= 0.6 is 0 Å². The minimum absolute atomic E-state index is 0.0414. The van der Waals surface area contributed by atoms with Crippen molar-refractivity contribution < 1.29 is 28.7 Å². The first kappa shape index (κ1) is 36.0. The lowest BCUT2D eigenvalue weighted by molar-refractivity contribution is -0.140. The van der Waals surface area contributed by atoms with E-state index >= 15 is 4.39 Å². The van der Waals surface area contributed by atoms with Gasteiger partial charge in [-0.3, -0.25) is 23.9 Å². The lowest BCUT2D eigenvalue weighted by Gasteiger charge is -2.38. The number of carbonyl (C=O) groups excluding carboxylic acids is 4. The quantitative estimate of drug-likeness (QED) is 0.280. The Morgan fingerprint density at radius 1 is 1.04 bits per heavy atom. The molecule has 0 spiro atoms. The van der Waals surface area contributed by atoms with Crippen molar-refractivity contribution in [3.8, 4) is 0 Å². The highest BCUT2D eigenvalue weighted by Gasteiger charge is 2.37. The number of hydrogen-bond acceptors (Lipinski definition) is 6. The number of aromatic nitrogens is 2. The van der Waals surface area contributed by atoms with Gasteiger partial charge < -0.3 is 26.0 Å². The standard InChI is InChI=1S/C35H51FN6O5/c1-7-29(43)39-30(34(46)41-18-15-35(6,47)16-19-41)23(5)25-12-13-27(26(36)20-25)38-33(45)31(24-10-8-22(4)9-11-24)40-32(44)28-14-17-37-42(28)21(2)3/h12-14,17,20-24,30-31,47H,7-11,15-16,18-19H2,1-6H3,(H,38,45)(H,39,43)(H,40,44)/t22?,23-,24?,30+,31-/m0/s1. The molecular weight excluding hydrogens is 603 g/mol. The van der Waals surface area contributed by atoms with Gasteiger partial charge >= 0.3 is 0 Å². The molecule has 2 fully saturated rings. The Morgan fingerprint density at radius 2 is 1.70 bits per heavy atom. The van der Waals surface area contributed by atoms with Gasteiger partial charge in [0.1, 0.15) is 23.6 Å². The van der Waals surface area contributed by atoms with Crippen molar-refractivity contribution in [2.75, 3.05) is 18.4 Å². The molecule has 0 unspecified atom stereocenters. The Labute approximate surface area is 277 Å². The SMILES string of the molecule is CCC(=O)N[C@@H](C(=O)N1CCC(C)(O)CC1)[C@@H](C)c1ccc(NC(=O)[C@@H](NC(=O)c2ccnn2C(C)C)C2CCC(C)CC2)c(F)c1. The molecule has 2 aromatic rings. The van der Waals surface area contributed by atoms with Gasteiger partial charge in [-0.25, -0.2) is 4.39 Å². The van der Waals surface area contributed by atoms with Crippen LogP contribution in [0.5, 0.6) is 0 Å². The van der Waals surface area contributed by atoms with E-state index < -0.39 is 41.2 Å². The van der Waals surface area contributed by atoms with Crippen LogP contribution in [0.1, 0.15) is 114 Å². The highest BCUT2D eigenvalue weighted by atomic mass is 19.1. The molecule has 3 atom stereocenters. The maximum absolute atomic E-state index is 15.7. The van der Waals surface area contributed by atoms with Gasteiger partial charge in [-0.1, -0.05) is 39.7 Å². The highest BCUT2D eigenvalue weighted by molar-refractivity contribution is 6.00. The van der Waals surface area contributed by atoms with Gasteiger partial charge in [0, 0.05) is 37.7 Å². The molecule has 47 heavy (non-hydrogen) atoms. The summed E-state index contributed by atoms with van der Waals surface area (Å²) in [5, 5.41) is 23.0. The molecule has 4 N–H and O–H groups in total. The number of hydrogen-bond donors (Lipinski definition) is 4. The number of halogens is 1. The molecule has 2 heterocycles. The van der Waals surface area contributed by atoms with Gasteiger partial charge in [-0.05, 0) is 82.1 Å². The molecule has 1 saturated heterocycles. The first-order chi connectivity index (χ1) is 22.2. The van der Waals surface area contributed by atoms with Crippen LogP contribution < -0.4 is 16.0 Å². The summed E-state index contributed by atoms with van der Waals surface area (Å²) in [6.45, 7) is 11.9. The third-order valence-corrected chi connectivity index (χ3v) is 9.83. The number of amides is 4. The number of rotatable bonds is 11. The molecule has 1 saturated carbocycles. The summed E-state index contributed by atoms with van der Waals surface area (Å²) in [6.07, 6.45) is 5.96. The number of aliphatic hydroxyl groups is 1. The predicted octanol–water partition coefficient (Wildman–Crippen LogP) is 4.54. The van der Waals surface area contributed by atoms with Crippen LogP contribution in [-0.4, -0.2) is 74.2 Å². The Hall–Kier alpha value is -3.80. The predicted molar refractivity (Wildman–Crippen MR) is 177 cm³/mol. The molecule has 258 valence electrons.